The average molecular weight is 351 g/mol. The zero-order chi connectivity index (χ0) is 15.2. The van der Waals surface area contributed by atoms with Gasteiger partial charge in [0.05, 0.1) is 4.47 Å². The molecular formula is C16H16BrFN2O. The average Bonchev–Trinajstić information content (AvgIpc) is 2.50. The highest BCUT2D eigenvalue weighted by Crippen LogP contribution is 2.18. The van der Waals surface area contributed by atoms with Crippen molar-refractivity contribution in [3.05, 3.63) is 58.3 Å². The topological polar surface area (TPSA) is 41.1 Å². The lowest BCUT2D eigenvalue weighted by Gasteiger charge is -2.09. The van der Waals surface area contributed by atoms with Crippen LogP contribution in [0.5, 0.6) is 0 Å². The Labute approximate surface area is 131 Å². The standard InChI is InChI=1S/C16H16BrFN2O/c1-2-16(21)20-13-6-4-12(5-7-13)19-10-11-3-8-14(17)15(18)9-11/h3-9,19H,2,10H2,1H3,(H,20,21). The van der Waals surface area contributed by atoms with Gasteiger partial charge in [-0.25, -0.2) is 4.39 Å². The molecule has 0 saturated heterocycles. The fourth-order valence-corrected chi connectivity index (χ4v) is 2.02. The van der Waals surface area contributed by atoms with E-state index < -0.39 is 0 Å². The summed E-state index contributed by atoms with van der Waals surface area (Å²) in [4.78, 5) is 11.3. The van der Waals surface area contributed by atoms with Gasteiger partial charge in [0, 0.05) is 24.3 Å². The van der Waals surface area contributed by atoms with Gasteiger partial charge in [-0.15, -0.1) is 0 Å². The van der Waals surface area contributed by atoms with Gasteiger partial charge in [0.2, 0.25) is 5.91 Å². The SMILES string of the molecule is CCC(=O)Nc1ccc(NCc2ccc(Br)c(F)c2)cc1. The van der Waals surface area contributed by atoms with Crippen LogP contribution in [0, 0.1) is 5.82 Å². The first kappa shape index (κ1) is 15.5. The Morgan fingerprint density at radius 1 is 1.14 bits per heavy atom. The molecule has 0 fully saturated rings. The third-order valence-electron chi connectivity index (χ3n) is 2.97. The number of hydrogen-bond acceptors (Lipinski definition) is 2. The van der Waals surface area contributed by atoms with Crippen molar-refractivity contribution in [1.29, 1.82) is 0 Å². The van der Waals surface area contributed by atoms with Gasteiger partial charge in [-0.2, -0.15) is 0 Å². The number of halogens is 2. The van der Waals surface area contributed by atoms with Gasteiger partial charge in [-0.05, 0) is 57.9 Å². The van der Waals surface area contributed by atoms with Gasteiger partial charge < -0.3 is 10.6 Å². The van der Waals surface area contributed by atoms with Crippen LogP contribution in [0.3, 0.4) is 0 Å². The van der Waals surface area contributed by atoms with Crippen molar-refractivity contribution in [2.45, 2.75) is 19.9 Å². The Morgan fingerprint density at radius 3 is 2.43 bits per heavy atom. The quantitative estimate of drug-likeness (QED) is 0.830. The second-order valence-electron chi connectivity index (χ2n) is 4.58. The molecule has 0 atom stereocenters. The smallest absolute Gasteiger partial charge is 0.224 e. The molecule has 0 spiro atoms. The van der Waals surface area contributed by atoms with Crippen molar-refractivity contribution in [3.63, 3.8) is 0 Å². The molecule has 0 saturated carbocycles. The van der Waals surface area contributed by atoms with Crippen LogP contribution in [-0.4, -0.2) is 5.91 Å². The minimum Gasteiger partial charge on any atom is -0.381 e. The predicted molar refractivity (Wildman–Crippen MR) is 86.8 cm³/mol. The van der Waals surface area contributed by atoms with E-state index in [9.17, 15) is 9.18 Å². The molecule has 5 heteroatoms. The summed E-state index contributed by atoms with van der Waals surface area (Å²) < 4.78 is 13.9. The Balaban J connectivity index is 1.94. The molecule has 0 aliphatic carbocycles. The number of carbonyl (C=O) groups excluding carboxylic acids is 1. The Bertz CT molecular complexity index is 629. The number of carbonyl (C=O) groups is 1. The summed E-state index contributed by atoms with van der Waals surface area (Å²) in [5.41, 5.74) is 2.54. The van der Waals surface area contributed by atoms with E-state index in [1.165, 1.54) is 6.07 Å². The fraction of sp³-hybridized carbons (Fsp3) is 0.188. The van der Waals surface area contributed by atoms with E-state index in [-0.39, 0.29) is 11.7 Å². The van der Waals surface area contributed by atoms with Crippen molar-refractivity contribution in [2.24, 2.45) is 0 Å². The lowest BCUT2D eigenvalue weighted by molar-refractivity contribution is -0.115. The number of benzene rings is 2. The molecule has 21 heavy (non-hydrogen) atoms. The van der Waals surface area contributed by atoms with E-state index >= 15 is 0 Å². The maximum absolute atomic E-state index is 13.4. The normalized spacial score (nSPS) is 10.2. The molecule has 0 bridgehead atoms. The molecular weight excluding hydrogens is 335 g/mol. The van der Waals surface area contributed by atoms with Crippen molar-refractivity contribution >= 4 is 33.2 Å². The largest absolute Gasteiger partial charge is 0.381 e. The van der Waals surface area contributed by atoms with Gasteiger partial charge in [0.1, 0.15) is 5.82 Å². The minimum absolute atomic E-state index is 0.0129. The van der Waals surface area contributed by atoms with Crippen LogP contribution in [0.2, 0.25) is 0 Å². The van der Waals surface area contributed by atoms with Gasteiger partial charge >= 0.3 is 0 Å². The highest BCUT2D eigenvalue weighted by Gasteiger charge is 2.02. The minimum atomic E-state index is -0.271. The van der Waals surface area contributed by atoms with Crippen molar-refractivity contribution in [3.8, 4) is 0 Å². The third-order valence-corrected chi connectivity index (χ3v) is 3.61. The van der Waals surface area contributed by atoms with E-state index in [1.54, 1.807) is 6.07 Å². The molecule has 2 aromatic carbocycles. The van der Waals surface area contributed by atoms with Crippen molar-refractivity contribution in [2.75, 3.05) is 10.6 Å². The third kappa shape index (κ3) is 4.56. The van der Waals surface area contributed by atoms with Crippen LogP contribution in [0.15, 0.2) is 46.9 Å². The van der Waals surface area contributed by atoms with Gasteiger partial charge in [-0.1, -0.05) is 13.0 Å². The summed E-state index contributed by atoms with van der Waals surface area (Å²) in [5.74, 6) is -0.284. The van der Waals surface area contributed by atoms with Crippen LogP contribution >= 0.6 is 15.9 Å². The number of nitrogens with one attached hydrogen (secondary N) is 2. The van der Waals surface area contributed by atoms with Crippen LogP contribution < -0.4 is 10.6 Å². The number of amides is 1. The molecule has 0 unspecified atom stereocenters. The molecule has 110 valence electrons. The first-order valence-electron chi connectivity index (χ1n) is 6.66. The van der Waals surface area contributed by atoms with Crippen LogP contribution in [0.4, 0.5) is 15.8 Å². The van der Waals surface area contributed by atoms with Crippen LogP contribution in [0.1, 0.15) is 18.9 Å². The highest BCUT2D eigenvalue weighted by molar-refractivity contribution is 9.10. The van der Waals surface area contributed by atoms with E-state index in [2.05, 4.69) is 26.6 Å². The van der Waals surface area contributed by atoms with Crippen LogP contribution in [0.25, 0.3) is 0 Å². The van der Waals surface area contributed by atoms with E-state index in [4.69, 9.17) is 0 Å². The highest BCUT2D eigenvalue weighted by atomic mass is 79.9. The van der Waals surface area contributed by atoms with Crippen molar-refractivity contribution in [1.82, 2.24) is 0 Å². The molecule has 0 aliphatic heterocycles. The Morgan fingerprint density at radius 2 is 1.81 bits per heavy atom. The number of hydrogen-bond donors (Lipinski definition) is 2. The zero-order valence-corrected chi connectivity index (χ0v) is 13.2. The summed E-state index contributed by atoms with van der Waals surface area (Å²) in [5, 5.41) is 5.99. The molecule has 3 nitrogen and oxygen atoms in total. The van der Waals surface area contributed by atoms with Gasteiger partial charge in [0.25, 0.3) is 0 Å². The lowest BCUT2D eigenvalue weighted by Crippen LogP contribution is -2.09. The molecule has 0 radical (unpaired) electrons. The zero-order valence-electron chi connectivity index (χ0n) is 11.6. The first-order chi connectivity index (χ1) is 10.1. The molecule has 0 heterocycles. The fourth-order valence-electron chi connectivity index (χ4n) is 1.77. The summed E-state index contributed by atoms with van der Waals surface area (Å²) in [6.45, 7) is 2.34. The van der Waals surface area contributed by atoms with Gasteiger partial charge in [0.15, 0.2) is 0 Å². The van der Waals surface area contributed by atoms with Crippen molar-refractivity contribution < 1.29 is 9.18 Å². The number of rotatable bonds is 5. The summed E-state index contributed by atoms with van der Waals surface area (Å²) >= 11 is 3.13. The van der Waals surface area contributed by atoms with Crippen LogP contribution in [-0.2, 0) is 11.3 Å². The second-order valence-corrected chi connectivity index (χ2v) is 5.44. The molecule has 2 N–H and O–H groups in total. The van der Waals surface area contributed by atoms with E-state index in [0.717, 1.165) is 16.9 Å². The summed E-state index contributed by atoms with van der Waals surface area (Å²) in [7, 11) is 0. The number of anilines is 2. The molecule has 0 aromatic heterocycles. The monoisotopic (exact) mass is 350 g/mol. The maximum atomic E-state index is 13.4. The molecule has 0 aliphatic rings. The molecule has 1 amide bonds. The first-order valence-corrected chi connectivity index (χ1v) is 7.45. The lowest BCUT2D eigenvalue weighted by atomic mass is 10.2. The Hall–Kier alpha value is -1.88. The van der Waals surface area contributed by atoms with E-state index in [1.807, 2.05) is 37.3 Å². The molecule has 2 aromatic rings. The second kappa shape index (κ2) is 7.22. The summed E-state index contributed by atoms with van der Waals surface area (Å²) in [6.07, 6.45) is 0.454. The summed E-state index contributed by atoms with van der Waals surface area (Å²) in [6, 6.07) is 12.5. The predicted octanol–water partition coefficient (Wildman–Crippen LogP) is 4.55. The molecule has 2 rings (SSSR count). The van der Waals surface area contributed by atoms with E-state index in [0.29, 0.717) is 17.4 Å². The Kier molecular flexibility index (Phi) is 5.33. The van der Waals surface area contributed by atoms with Gasteiger partial charge in [-0.3, -0.25) is 4.79 Å². The maximum Gasteiger partial charge on any atom is 0.224 e.